The Morgan fingerprint density at radius 3 is 2.30 bits per heavy atom. The van der Waals surface area contributed by atoms with Crippen molar-refractivity contribution in [2.24, 2.45) is 0 Å². The molecule has 6 heteroatoms. The van der Waals surface area contributed by atoms with Crippen LogP contribution in [0.25, 0.3) is 0 Å². The zero-order valence-electron chi connectivity index (χ0n) is 15.1. The number of aromatic nitrogens is 2. The topological polar surface area (TPSA) is 97.4 Å². The van der Waals surface area contributed by atoms with E-state index < -0.39 is 0 Å². The average Bonchev–Trinajstić information content (AvgIpc) is 2.66. The van der Waals surface area contributed by atoms with Crippen molar-refractivity contribution in [3.63, 3.8) is 0 Å². The summed E-state index contributed by atoms with van der Waals surface area (Å²) in [5, 5.41) is 24.2. The fraction of sp³-hybridized carbons (Fsp3) is 0.143. The Morgan fingerprint density at radius 1 is 0.963 bits per heavy atom. The van der Waals surface area contributed by atoms with Crippen molar-refractivity contribution in [1.29, 1.82) is 10.5 Å². The lowest BCUT2D eigenvalue weighted by Gasteiger charge is -2.14. The largest absolute Gasteiger partial charge is 0.340 e. The number of aryl methyl sites for hydroxylation is 2. The van der Waals surface area contributed by atoms with Gasteiger partial charge in [0, 0.05) is 17.6 Å². The van der Waals surface area contributed by atoms with Crippen LogP contribution in [0.4, 0.5) is 23.1 Å². The smallest absolute Gasteiger partial charge is 0.229 e. The molecule has 1 heterocycles. The zero-order valence-corrected chi connectivity index (χ0v) is 15.1. The van der Waals surface area contributed by atoms with Crippen LogP contribution in [0, 0.1) is 36.5 Å². The third-order valence-electron chi connectivity index (χ3n) is 4.05. The van der Waals surface area contributed by atoms with Gasteiger partial charge in [0.1, 0.15) is 5.82 Å². The van der Waals surface area contributed by atoms with Gasteiger partial charge in [0.25, 0.3) is 0 Å². The molecular weight excluding hydrogens is 336 g/mol. The molecule has 0 spiro atoms. The minimum atomic E-state index is 0.397. The Labute approximate surface area is 158 Å². The molecule has 6 nitrogen and oxygen atoms in total. The fourth-order valence-corrected chi connectivity index (χ4v) is 2.82. The van der Waals surface area contributed by atoms with Crippen molar-refractivity contribution in [1.82, 2.24) is 9.97 Å². The van der Waals surface area contributed by atoms with Crippen LogP contribution in [0.3, 0.4) is 0 Å². The lowest BCUT2D eigenvalue weighted by Crippen LogP contribution is -2.03. The lowest BCUT2D eigenvalue weighted by molar-refractivity contribution is 1.16. The van der Waals surface area contributed by atoms with E-state index in [2.05, 4.69) is 32.7 Å². The number of rotatable bonds is 5. The van der Waals surface area contributed by atoms with E-state index in [1.807, 2.05) is 38.1 Å². The summed E-state index contributed by atoms with van der Waals surface area (Å²) in [5.41, 5.74) is 5.49. The van der Waals surface area contributed by atoms with Crippen LogP contribution in [-0.2, 0) is 6.42 Å². The fourth-order valence-electron chi connectivity index (χ4n) is 2.82. The molecule has 0 bridgehead atoms. The molecule has 3 rings (SSSR count). The summed E-state index contributed by atoms with van der Waals surface area (Å²) in [6.07, 6.45) is 2.07. The summed E-state index contributed by atoms with van der Waals surface area (Å²) in [5.74, 6) is 1.13. The molecule has 27 heavy (non-hydrogen) atoms. The number of nitrogens with one attached hydrogen (secondary N) is 2. The predicted octanol–water partition coefficient (Wildman–Crippen LogP) is 4.52. The predicted molar refractivity (Wildman–Crippen MR) is 105 cm³/mol. The van der Waals surface area contributed by atoms with Crippen LogP contribution >= 0.6 is 0 Å². The van der Waals surface area contributed by atoms with Gasteiger partial charge in [0.2, 0.25) is 5.95 Å². The summed E-state index contributed by atoms with van der Waals surface area (Å²) in [6, 6.07) is 17.2. The first-order valence-corrected chi connectivity index (χ1v) is 8.43. The third kappa shape index (κ3) is 4.39. The van der Waals surface area contributed by atoms with Gasteiger partial charge in [-0.2, -0.15) is 15.5 Å². The molecule has 0 aliphatic carbocycles. The van der Waals surface area contributed by atoms with E-state index in [0.717, 1.165) is 28.1 Å². The first kappa shape index (κ1) is 17.9. The van der Waals surface area contributed by atoms with Crippen LogP contribution < -0.4 is 10.6 Å². The van der Waals surface area contributed by atoms with Gasteiger partial charge < -0.3 is 10.6 Å². The van der Waals surface area contributed by atoms with Crippen molar-refractivity contribution in [3.05, 3.63) is 70.9 Å². The second-order valence-corrected chi connectivity index (χ2v) is 6.14. The van der Waals surface area contributed by atoms with E-state index >= 15 is 0 Å². The SMILES string of the molecule is Cc1cc(CC#N)cc(C)c1Nc1ccnc(Nc2ccc(C#N)cc2)n1. The van der Waals surface area contributed by atoms with Crippen LogP contribution in [-0.4, -0.2) is 9.97 Å². The number of hydrogen-bond acceptors (Lipinski definition) is 6. The first-order valence-electron chi connectivity index (χ1n) is 8.43. The van der Waals surface area contributed by atoms with Crippen molar-refractivity contribution in [3.8, 4) is 12.1 Å². The average molecular weight is 354 g/mol. The molecule has 0 unspecified atom stereocenters. The summed E-state index contributed by atoms with van der Waals surface area (Å²) >= 11 is 0. The third-order valence-corrected chi connectivity index (χ3v) is 4.05. The van der Waals surface area contributed by atoms with Gasteiger partial charge in [0.05, 0.1) is 24.1 Å². The molecular formula is C21H18N6. The molecule has 1 aromatic heterocycles. The second kappa shape index (κ2) is 7.99. The number of nitrogens with zero attached hydrogens (tertiary/aromatic N) is 4. The number of nitriles is 2. The standard InChI is InChI=1S/C21H18N6/c1-14-11-17(7-9-22)12-15(2)20(14)26-19-8-10-24-21(27-19)25-18-5-3-16(13-23)4-6-18/h3-6,8,10-12H,7H2,1-2H3,(H2,24,25,26,27). The monoisotopic (exact) mass is 354 g/mol. The maximum atomic E-state index is 8.88. The highest BCUT2D eigenvalue weighted by molar-refractivity contribution is 5.66. The summed E-state index contributed by atoms with van der Waals surface area (Å²) < 4.78 is 0. The molecule has 132 valence electrons. The molecule has 0 radical (unpaired) electrons. The Kier molecular flexibility index (Phi) is 5.30. The molecule has 0 saturated heterocycles. The van der Waals surface area contributed by atoms with Gasteiger partial charge in [0.15, 0.2) is 0 Å². The van der Waals surface area contributed by atoms with Crippen molar-refractivity contribution in [2.45, 2.75) is 20.3 Å². The minimum Gasteiger partial charge on any atom is -0.340 e. The number of hydrogen-bond donors (Lipinski definition) is 2. The summed E-state index contributed by atoms with van der Waals surface area (Å²) in [4.78, 5) is 8.74. The summed E-state index contributed by atoms with van der Waals surface area (Å²) in [7, 11) is 0. The van der Waals surface area contributed by atoms with Crippen LogP contribution in [0.2, 0.25) is 0 Å². The van der Waals surface area contributed by atoms with Gasteiger partial charge in [-0.25, -0.2) is 4.98 Å². The Morgan fingerprint density at radius 2 is 1.67 bits per heavy atom. The maximum Gasteiger partial charge on any atom is 0.229 e. The van der Waals surface area contributed by atoms with Gasteiger partial charge in [-0.1, -0.05) is 12.1 Å². The quantitative estimate of drug-likeness (QED) is 0.699. The molecule has 0 aliphatic rings. The number of benzene rings is 2. The molecule has 0 atom stereocenters. The first-order chi connectivity index (χ1) is 13.1. The van der Waals surface area contributed by atoms with E-state index in [0.29, 0.717) is 23.8 Å². The van der Waals surface area contributed by atoms with Gasteiger partial charge in [-0.15, -0.1) is 0 Å². The van der Waals surface area contributed by atoms with Gasteiger partial charge in [-0.3, -0.25) is 0 Å². The van der Waals surface area contributed by atoms with Crippen LogP contribution in [0.5, 0.6) is 0 Å². The van der Waals surface area contributed by atoms with Crippen molar-refractivity contribution >= 4 is 23.1 Å². The van der Waals surface area contributed by atoms with Crippen molar-refractivity contribution < 1.29 is 0 Å². The normalized spacial score (nSPS) is 9.93. The second-order valence-electron chi connectivity index (χ2n) is 6.14. The number of anilines is 4. The molecule has 0 saturated carbocycles. The molecule has 0 fully saturated rings. The highest BCUT2D eigenvalue weighted by Gasteiger charge is 2.08. The highest BCUT2D eigenvalue weighted by Crippen LogP contribution is 2.26. The van der Waals surface area contributed by atoms with E-state index in [4.69, 9.17) is 10.5 Å². The van der Waals surface area contributed by atoms with E-state index in [9.17, 15) is 0 Å². The van der Waals surface area contributed by atoms with Crippen molar-refractivity contribution in [2.75, 3.05) is 10.6 Å². The lowest BCUT2D eigenvalue weighted by atomic mass is 10.0. The Hall–Kier alpha value is -3.90. The van der Waals surface area contributed by atoms with Crippen LogP contribution in [0.1, 0.15) is 22.3 Å². The van der Waals surface area contributed by atoms with Crippen LogP contribution in [0.15, 0.2) is 48.7 Å². The Bertz CT molecular complexity index is 1020. The molecule has 2 N–H and O–H groups in total. The summed E-state index contributed by atoms with van der Waals surface area (Å²) in [6.45, 7) is 4.01. The van der Waals surface area contributed by atoms with Gasteiger partial charge in [-0.05, 0) is 60.9 Å². The van der Waals surface area contributed by atoms with E-state index in [1.54, 1.807) is 24.4 Å². The Balaban J connectivity index is 1.80. The zero-order chi connectivity index (χ0) is 19.2. The molecule has 0 amide bonds. The highest BCUT2D eigenvalue weighted by atomic mass is 15.1. The molecule has 3 aromatic rings. The van der Waals surface area contributed by atoms with E-state index in [1.165, 1.54) is 0 Å². The van der Waals surface area contributed by atoms with Gasteiger partial charge >= 0.3 is 0 Å². The minimum absolute atomic E-state index is 0.397. The van der Waals surface area contributed by atoms with E-state index in [-0.39, 0.29) is 0 Å². The molecule has 2 aromatic carbocycles. The maximum absolute atomic E-state index is 8.88. The molecule has 0 aliphatic heterocycles.